The molecule has 1 heterocycles. The maximum atomic E-state index is 15.0. The number of rotatable bonds is 13. The lowest BCUT2D eigenvalue weighted by atomic mass is 10.1. The molecule has 0 amide bonds. The molecular weight excluding hydrogens is 406 g/mol. The molecule has 3 rings (SSSR count). The van der Waals surface area contributed by atoms with Crippen molar-refractivity contribution in [2.45, 2.75) is 52.4 Å². The van der Waals surface area contributed by atoms with E-state index in [1.165, 1.54) is 0 Å². The fourth-order valence-electron chi connectivity index (χ4n) is 3.29. The van der Waals surface area contributed by atoms with E-state index in [2.05, 4.69) is 13.8 Å². The summed E-state index contributed by atoms with van der Waals surface area (Å²) in [5, 5.41) is 1.38. The topological polar surface area (TPSA) is 27.7 Å². The van der Waals surface area contributed by atoms with Crippen LogP contribution in [0.25, 0.3) is 20.2 Å². The Kier molecular flexibility index (Phi) is 8.70. The molecule has 3 nitrogen and oxygen atoms in total. The van der Waals surface area contributed by atoms with Crippen molar-refractivity contribution < 1.29 is 23.0 Å². The van der Waals surface area contributed by atoms with Gasteiger partial charge in [-0.25, -0.2) is 8.78 Å². The van der Waals surface area contributed by atoms with Crippen LogP contribution in [0.5, 0.6) is 11.5 Å². The van der Waals surface area contributed by atoms with Gasteiger partial charge in [-0.2, -0.15) is 0 Å². The Morgan fingerprint density at radius 1 is 0.667 bits per heavy atom. The summed E-state index contributed by atoms with van der Waals surface area (Å²) >= 11 is 1.10. The van der Waals surface area contributed by atoms with E-state index in [1.807, 2.05) is 0 Å². The van der Waals surface area contributed by atoms with Gasteiger partial charge in [0.25, 0.3) is 0 Å². The molecule has 0 aliphatic carbocycles. The molecular formula is C24H30F2O3S. The van der Waals surface area contributed by atoms with E-state index >= 15 is 0 Å². The highest BCUT2D eigenvalue weighted by molar-refractivity contribution is 7.25. The fraction of sp³-hybridized carbons (Fsp3) is 0.500. The van der Waals surface area contributed by atoms with Crippen molar-refractivity contribution in [3.8, 4) is 11.5 Å². The molecule has 0 aliphatic heterocycles. The summed E-state index contributed by atoms with van der Waals surface area (Å²) < 4.78 is 47.4. The molecule has 164 valence electrons. The first-order chi connectivity index (χ1) is 14.7. The van der Waals surface area contributed by atoms with E-state index in [1.54, 1.807) is 24.3 Å². The highest BCUT2D eigenvalue weighted by atomic mass is 32.1. The second-order valence-electron chi connectivity index (χ2n) is 7.33. The summed E-state index contributed by atoms with van der Waals surface area (Å²) in [5.41, 5.74) is 0. The molecule has 0 spiro atoms. The number of thiophene rings is 1. The molecule has 0 saturated carbocycles. The lowest BCUT2D eigenvalue weighted by Gasteiger charge is -2.08. The van der Waals surface area contributed by atoms with E-state index in [9.17, 15) is 8.78 Å². The predicted octanol–water partition coefficient (Wildman–Crippen LogP) is 7.49. The minimum atomic E-state index is -0.455. The molecule has 0 bridgehead atoms. The molecule has 0 fully saturated rings. The number of unbranched alkanes of at least 4 members (excludes halogenated alkanes) is 4. The van der Waals surface area contributed by atoms with Crippen LogP contribution in [-0.2, 0) is 4.74 Å². The zero-order valence-electron chi connectivity index (χ0n) is 17.8. The smallest absolute Gasteiger partial charge is 0.182 e. The third kappa shape index (κ3) is 5.41. The quantitative estimate of drug-likeness (QED) is 0.260. The Morgan fingerprint density at radius 2 is 1.27 bits per heavy atom. The summed E-state index contributed by atoms with van der Waals surface area (Å²) in [6, 6.07) is 6.83. The standard InChI is InChI=1S/C24H30F2O3S/c1-3-5-7-8-14-28-19-11-9-17-18-10-12-20(29-16-15-27-13-6-4-2)22(26)24(18)30-23(17)21(19)25/h9-12H,3-8,13-16H2,1-2H3. The highest BCUT2D eigenvalue weighted by Gasteiger charge is 2.18. The minimum Gasteiger partial charge on any atom is -0.490 e. The van der Waals surface area contributed by atoms with Gasteiger partial charge in [-0.05, 0) is 37.1 Å². The Labute approximate surface area is 180 Å². The van der Waals surface area contributed by atoms with Crippen LogP contribution < -0.4 is 9.47 Å². The van der Waals surface area contributed by atoms with E-state index < -0.39 is 11.6 Å². The molecule has 6 heteroatoms. The Bertz CT molecular complexity index is 955. The molecule has 0 N–H and O–H groups in total. The summed E-state index contributed by atoms with van der Waals surface area (Å²) in [4.78, 5) is 0. The van der Waals surface area contributed by atoms with Gasteiger partial charge in [0.05, 0.1) is 22.6 Å². The molecule has 0 saturated heterocycles. The van der Waals surface area contributed by atoms with Crippen LogP contribution in [0.15, 0.2) is 24.3 Å². The van der Waals surface area contributed by atoms with Crippen LogP contribution in [0.4, 0.5) is 8.78 Å². The Hall–Kier alpha value is -1.92. The second kappa shape index (κ2) is 11.5. The van der Waals surface area contributed by atoms with Crippen LogP contribution in [-0.4, -0.2) is 26.4 Å². The van der Waals surface area contributed by atoms with Crippen molar-refractivity contribution >= 4 is 31.5 Å². The van der Waals surface area contributed by atoms with Crippen LogP contribution >= 0.6 is 11.3 Å². The van der Waals surface area contributed by atoms with Gasteiger partial charge < -0.3 is 14.2 Å². The first-order valence-corrected chi connectivity index (χ1v) is 11.7. The molecule has 3 aromatic rings. The first kappa shape index (κ1) is 22.8. The van der Waals surface area contributed by atoms with Crippen LogP contribution in [0.1, 0.15) is 52.4 Å². The Morgan fingerprint density at radius 3 is 1.87 bits per heavy atom. The van der Waals surface area contributed by atoms with Gasteiger partial charge in [-0.3, -0.25) is 0 Å². The monoisotopic (exact) mass is 436 g/mol. The van der Waals surface area contributed by atoms with Crippen molar-refractivity contribution in [1.29, 1.82) is 0 Å². The fourth-order valence-corrected chi connectivity index (χ4v) is 4.46. The highest BCUT2D eigenvalue weighted by Crippen LogP contribution is 2.41. The van der Waals surface area contributed by atoms with Crippen molar-refractivity contribution in [3.63, 3.8) is 0 Å². The van der Waals surface area contributed by atoms with Gasteiger partial charge >= 0.3 is 0 Å². The molecule has 0 radical (unpaired) electrons. The summed E-state index contributed by atoms with van der Waals surface area (Å²) in [6.45, 7) is 6.10. The van der Waals surface area contributed by atoms with Crippen molar-refractivity contribution in [2.24, 2.45) is 0 Å². The van der Waals surface area contributed by atoms with Crippen LogP contribution in [0.3, 0.4) is 0 Å². The van der Waals surface area contributed by atoms with Crippen molar-refractivity contribution in [3.05, 3.63) is 35.9 Å². The number of halogens is 2. The summed E-state index contributed by atoms with van der Waals surface area (Å²) in [7, 11) is 0. The third-order valence-electron chi connectivity index (χ3n) is 5.00. The Balaban J connectivity index is 1.73. The van der Waals surface area contributed by atoms with Crippen molar-refractivity contribution in [1.82, 2.24) is 0 Å². The summed E-state index contributed by atoms with van der Waals surface area (Å²) in [5.74, 6) is -0.480. The van der Waals surface area contributed by atoms with E-state index in [0.29, 0.717) is 40.0 Å². The number of fused-ring (bicyclic) bond motifs is 3. The molecule has 1 aromatic heterocycles. The predicted molar refractivity (Wildman–Crippen MR) is 120 cm³/mol. The van der Waals surface area contributed by atoms with Gasteiger partial charge in [0.1, 0.15) is 6.61 Å². The summed E-state index contributed by atoms with van der Waals surface area (Å²) in [6.07, 6.45) is 6.33. The lowest BCUT2D eigenvalue weighted by Crippen LogP contribution is -2.08. The molecule has 0 atom stereocenters. The molecule has 2 aromatic carbocycles. The minimum absolute atomic E-state index is 0.168. The first-order valence-electron chi connectivity index (χ1n) is 10.8. The molecule has 0 unspecified atom stereocenters. The van der Waals surface area contributed by atoms with Gasteiger partial charge in [-0.15, -0.1) is 11.3 Å². The number of hydrogen-bond acceptors (Lipinski definition) is 4. The molecule has 30 heavy (non-hydrogen) atoms. The van der Waals surface area contributed by atoms with E-state index in [4.69, 9.17) is 14.2 Å². The van der Waals surface area contributed by atoms with Gasteiger partial charge in [-0.1, -0.05) is 39.5 Å². The van der Waals surface area contributed by atoms with Crippen LogP contribution in [0.2, 0.25) is 0 Å². The third-order valence-corrected chi connectivity index (χ3v) is 6.21. The maximum Gasteiger partial charge on any atom is 0.182 e. The zero-order valence-corrected chi connectivity index (χ0v) is 18.6. The number of hydrogen-bond donors (Lipinski definition) is 0. The van der Waals surface area contributed by atoms with Gasteiger partial charge in [0.2, 0.25) is 0 Å². The van der Waals surface area contributed by atoms with Gasteiger partial charge in [0.15, 0.2) is 23.1 Å². The van der Waals surface area contributed by atoms with E-state index in [0.717, 1.165) is 49.9 Å². The van der Waals surface area contributed by atoms with Gasteiger partial charge in [0, 0.05) is 17.4 Å². The normalized spacial score (nSPS) is 11.5. The number of ether oxygens (including phenoxy) is 3. The number of benzene rings is 2. The zero-order chi connectivity index (χ0) is 21.3. The van der Waals surface area contributed by atoms with E-state index in [-0.39, 0.29) is 18.1 Å². The largest absolute Gasteiger partial charge is 0.490 e. The average molecular weight is 437 g/mol. The average Bonchev–Trinajstić information content (AvgIpc) is 3.14. The SMILES string of the molecule is CCCCCCOc1ccc2c(sc3c(F)c(OCCOCCCC)ccc32)c1F. The van der Waals surface area contributed by atoms with Crippen molar-refractivity contribution in [2.75, 3.05) is 26.4 Å². The maximum absolute atomic E-state index is 15.0. The molecule has 0 aliphatic rings. The lowest BCUT2D eigenvalue weighted by molar-refractivity contribution is 0.0968. The van der Waals surface area contributed by atoms with Crippen LogP contribution in [0, 0.1) is 11.6 Å². The second-order valence-corrected chi connectivity index (χ2v) is 8.35.